The molecule has 31 heavy (non-hydrogen) atoms. The first-order valence-corrected chi connectivity index (χ1v) is 12.3. The molecule has 0 amide bonds. The van der Waals surface area contributed by atoms with Crippen LogP contribution in [0.5, 0.6) is 0 Å². The zero-order valence-electron chi connectivity index (χ0n) is 16.4. The van der Waals surface area contributed by atoms with Gasteiger partial charge >= 0.3 is 0 Å². The fourth-order valence-electron chi connectivity index (χ4n) is 4.84. The van der Waals surface area contributed by atoms with E-state index in [1.165, 1.54) is 49.5 Å². The van der Waals surface area contributed by atoms with Crippen molar-refractivity contribution in [1.82, 2.24) is 0 Å². The molecular weight excluding hydrogens is 440 g/mol. The third-order valence-corrected chi connectivity index (χ3v) is 9.70. The summed E-state index contributed by atoms with van der Waals surface area (Å²) in [5.74, 6) is 0. The van der Waals surface area contributed by atoms with E-state index in [1.807, 2.05) is 18.2 Å². The van der Waals surface area contributed by atoms with Gasteiger partial charge in [-0.25, -0.2) is 10.1 Å². The second-order valence-corrected chi connectivity index (χ2v) is 10.9. The van der Waals surface area contributed by atoms with Crippen molar-refractivity contribution < 1.29 is 0 Å². The van der Waals surface area contributed by atoms with Crippen LogP contribution in [0.1, 0.15) is 53.0 Å². The monoisotopic (exact) mass is 454 g/mol. The smallest absolute Gasteiger partial charge is 0.227 e. The number of nitriles is 3. The lowest BCUT2D eigenvalue weighted by Gasteiger charge is -2.35. The molecule has 2 aliphatic carbocycles. The average Bonchev–Trinajstić information content (AvgIpc) is 3.51. The predicted molar refractivity (Wildman–Crippen MR) is 126 cm³/mol. The first kappa shape index (κ1) is 19.7. The molecule has 148 valence electrons. The van der Waals surface area contributed by atoms with Gasteiger partial charge in [-0.05, 0) is 42.7 Å². The molecule has 0 bridgehead atoms. The van der Waals surface area contributed by atoms with E-state index in [-0.39, 0.29) is 16.7 Å². The van der Waals surface area contributed by atoms with Crippen molar-refractivity contribution in [2.75, 3.05) is 0 Å². The summed E-state index contributed by atoms with van der Waals surface area (Å²) in [6.07, 6.45) is 9.23. The van der Waals surface area contributed by atoms with Gasteiger partial charge in [-0.1, -0.05) is 19.3 Å². The van der Waals surface area contributed by atoms with Crippen LogP contribution in [0.3, 0.4) is 0 Å². The molecule has 1 saturated carbocycles. The molecule has 0 N–H and O–H groups in total. The maximum Gasteiger partial charge on any atom is 0.263 e. The summed E-state index contributed by atoms with van der Waals surface area (Å²) in [6, 6.07) is 10.2. The molecule has 4 nitrogen and oxygen atoms in total. The molecule has 3 heterocycles. The zero-order valence-corrected chi connectivity index (χ0v) is 18.8. The SMILES string of the molecule is [C-]#[N+]/C(C#N)=C/c1cc2c(s1)-c1sc3cc(C=C(C#N)C#N)sc3c1C21CCCCC1. The van der Waals surface area contributed by atoms with Gasteiger partial charge in [0.2, 0.25) is 0 Å². The Hall–Kier alpha value is -3.20. The fourth-order valence-corrected chi connectivity index (χ4v) is 8.98. The number of thiophene rings is 3. The molecule has 5 rings (SSSR count). The summed E-state index contributed by atoms with van der Waals surface area (Å²) in [6.45, 7) is 7.18. The van der Waals surface area contributed by atoms with Crippen LogP contribution in [0.25, 0.3) is 36.2 Å². The minimum atomic E-state index is -0.00616. The van der Waals surface area contributed by atoms with Crippen LogP contribution in [-0.2, 0) is 5.41 Å². The lowest BCUT2D eigenvalue weighted by atomic mass is 9.68. The molecule has 0 atom stereocenters. The van der Waals surface area contributed by atoms with Gasteiger partial charge in [0.1, 0.15) is 17.7 Å². The number of nitrogens with zero attached hydrogens (tertiary/aromatic N) is 4. The maximum atomic E-state index is 9.16. The van der Waals surface area contributed by atoms with Gasteiger partial charge in [-0.15, -0.1) is 34.0 Å². The van der Waals surface area contributed by atoms with E-state index < -0.39 is 0 Å². The van der Waals surface area contributed by atoms with Gasteiger partial charge < -0.3 is 0 Å². The van der Waals surface area contributed by atoms with Crippen LogP contribution in [0.15, 0.2) is 23.4 Å². The third-order valence-electron chi connectivity index (χ3n) is 6.08. The van der Waals surface area contributed by atoms with Crippen molar-refractivity contribution in [3.8, 4) is 28.0 Å². The lowest BCUT2D eigenvalue weighted by molar-refractivity contribution is 0.356. The van der Waals surface area contributed by atoms with Crippen LogP contribution >= 0.6 is 34.0 Å². The summed E-state index contributed by atoms with van der Waals surface area (Å²) in [4.78, 5) is 7.84. The summed E-state index contributed by atoms with van der Waals surface area (Å²) < 4.78 is 2.49. The van der Waals surface area contributed by atoms with Crippen LogP contribution in [0, 0.1) is 40.6 Å². The van der Waals surface area contributed by atoms with Gasteiger partial charge in [0.15, 0.2) is 0 Å². The highest BCUT2D eigenvalue weighted by atomic mass is 32.1. The van der Waals surface area contributed by atoms with E-state index in [2.05, 4.69) is 17.0 Å². The highest BCUT2D eigenvalue weighted by molar-refractivity contribution is 7.32. The zero-order chi connectivity index (χ0) is 21.6. The second kappa shape index (κ2) is 7.49. The Bertz CT molecular complexity index is 1430. The molecular formula is C24H14N4S3. The van der Waals surface area contributed by atoms with Crippen molar-refractivity contribution in [1.29, 1.82) is 15.8 Å². The van der Waals surface area contributed by atoms with Gasteiger partial charge in [0, 0.05) is 30.3 Å². The Kier molecular flexibility index (Phi) is 4.77. The summed E-state index contributed by atoms with van der Waals surface area (Å²) in [5.41, 5.74) is 3.02. The van der Waals surface area contributed by atoms with Crippen LogP contribution in [-0.4, -0.2) is 0 Å². The molecule has 1 spiro atoms. The number of hydrogen-bond acceptors (Lipinski definition) is 6. The second-order valence-electron chi connectivity index (χ2n) is 7.72. The average molecular weight is 455 g/mol. The van der Waals surface area contributed by atoms with Crippen LogP contribution < -0.4 is 0 Å². The number of fused-ring (bicyclic) bond motifs is 7. The van der Waals surface area contributed by atoms with E-state index in [4.69, 9.17) is 22.4 Å². The topological polar surface area (TPSA) is 75.7 Å². The molecule has 1 fully saturated rings. The van der Waals surface area contributed by atoms with Crippen LogP contribution in [0.2, 0.25) is 0 Å². The van der Waals surface area contributed by atoms with Crippen molar-refractivity contribution in [3.63, 3.8) is 0 Å². The fraction of sp³-hybridized carbons (Fsp3) is 0.250. The molecule has 0 aliphatic heterocycles. The normalized spacial score (nSPS) is 16.1. The van der Waals surface area contributed by atoms with E-state index in [0.717, 1.165) is 22.6 Å². The minimum Gasteiger partial charge on any atom is -0.227 e. The molecule has 2 aliphatic rings. The van der Waals surface area contributed by atoms with E-state index in [9.17, 15) is 0 Å². The van der Waals surface area contributed by atoms with E-state index >= 15 is 0 Å². The molecule has 0 aromatic carbocycles. The number of rotatable bonds is 2. The first-order valence-electron chi connectivity index (χ1n) is 9.86. The van der Waals surface area contributed by atoms with E-state index in [1.54, 1.807) is 46.2 Å². The first-order chi connectivity index (χ1) is 15.1. The molecule has 7 heteroatoms. The molecule has 3 aromatic rings. The predicted octanol–water partition coefficient (Wildman–Crippen LogP) is 7.47. The number of hydrogen-bond donors (Lipinski definition) is 0. The Morgan fingerprint density at radius 2 is 1.68 bits per heavy atom. The largest absolute Gasteiger partial charge is 0.263 e. The van der Waals surface area contributed by atoms with Gasteiger partial charge in [-0.3, -0.25) is 0 Å². The molecule has 0 saturated heterocycles. The quantitative estimate of drug-likeness (QED) is 0.298. The van der Waals surface area contributed by atoms with Crippen molar-refractivity contribution in [3.05, 3.63) is 55.7 Å². The summed E-state index contributed by atoms with van der Waals surface area (Å²) in [5, 5.41) is 27.4. The summed E-state index contributed by atoms with van der Waals surface area (Å²) >= 11 is 5.14. The molecule has 3 aromatic heterocycles. The molecule has 0 unspecified atom stereocenters. The van der Waals surface area contributed by atoms with Gasteiger partial charge in [0.05, 0.1) is 22.2 Å². The van der Waals surface area contributed by atoms with E-state index in [0.29, 0.717) is 0 Å². The highest BCUT2D eigenvalue weighted by Crippen LogP contribution is 2.63. The Balaban J connectivity index is 1.71. The van der Waals surface area contributed by atoms with Gasteiger partial charge in [-0.2, -0.15) is 10.5 Å². The highest BCUT2D eigenvalue weighted by Gasteiger charge is 2.47. The summed E-state index contributed by atoms with van der Waals surface area (Å²) in [7, 11) is 0. The Morgan fingerprint density at radius 1 is 0.935 bits per heavy atom. The van der Waals surface area contributed by atoms with Crippen molar-refractivity contribution >= 4 is 55.6 Å². The molecule has 0 radical (unpaired) electrons. The maximum absolute atomic E-state index is 9.16. The minimum absolute atomic E-state index is 0.00616. The third kappa shape index (κ3) is 2.95. The van der Waals surface area contributed by atoms with Crippen LogP contribution in [0.4, 0.5) is 0 Å². The Labute approximate surface area is 192 Å². The standard InChI is InChI=1S/C24H14N4S3/c1-28-15(13-27)8-17-9-18-21(29-17)23-20(24(18)5-3-2-4-6-24)22-19(31-23)10-16(30-22)7-14(11-25)12-26/h7-10H,2-6H2/b15-8+. The number of allylic oxidation sites excluding steroid dienone is 2. The van der Waals surface area contributed by atoms with Gasteiger partial charge in [0.25, 0.3) is 5.70 Å². The van der Waals surface area contributed by atoms with Crippen molar-refractivity contribution in [2.45, 2.75) is 37.5 Å². The van der Waals surface area contributed by atoms with Crippen molar-refractivity contribution in [2.24, 2.45) is 0 Å². The lowest BCUT2D eigenvalue weighted by Crippen LogP contribution is -2.27. The Morgan fingerprint density at radius 3 is 2.35 bits per heavy atom.